The second-order valence-electron chi connectivity index (χ2n) is 8.67. The van der Waals surface area contributed by atoms with E-state index in [-0.39, 0.29) is 35.9 Å². The summed E-state index contributed by atoms with van der Waals surface area (Å²) in [6.07, 6.45) is -2.20. The summed E-state index contributed by atoms with van der Waals surface area (Å²) in [4.78, 5) is 14.8. The second-order valence-corrected chi connectivity index (χ2v) is 10.6. The van der Waals surface area contributed by atoms with Crippen LogP contribution < -0.4 is 4.74 Å². The van der Waals surface area contributed by atoms with Crippen LogP contribution in [0.5, 0.6) is 5.75 Å². The van der Waals surface area contributed by atoms with Crippen LogP contribution in [-0.4, -0.2) is 50.3 Å². The highest BCUT2D eigenvalue weighted by Gasteiger charge is 2.38. The number of sulfonamides is 1. The quantitative estimate of drug-likeness (QED) is 0.612. The molecule has 0 aromatic heterocycles. The van der Waals surface area contributed by atoms with Gasteiger partial charge in [-0.1, -0.05) is 18.2 Å². The maximum atomic E-state index is 13.3. The Morgan fingerprint density at radius 3 is 2.29 bits per heavy atom. The molecule has 1 amide bonds. The molecule has 0 saturated carbocycles. The van der Waals surface area contributed by atoms with Gasteiger partial charge in [-0.15, -0.1) is 0 Å². The van der Waals surface area contributed by atoms with E-state index in [4.69, 9.17) is 4.74 Å². The monoisotopic (exact) mass is 496 g/mol. The summed E-state index contributed by atoms with van der Waals surface area (Å²) in [5.74, 6) is 0.440. The number of methoxy groups -OCH3 is 1. The van der Waals surface area contributed by atoms with Crippen molar-refractivity contribution in [3.05, 3.63) is 59.7 Å². The van der Waals surface area contributed by atoms with E-state index < -0.39 is 21.8 Å². The van der Waals surface area contributed by atoms with E-state index in [0.29, 0.717) is 25.5 Å². The Bertz CT molecular complexity index is 1130. The zero-order chi connectivity index (χ0) is 24.5. The fourth-order valence-corrected chi connectivity index (χ4v) is 6.28. The number of piperidine rings is 1. The number of carbonyl (C=O) groups excluding carboxylic acids is 1. The third-order valence-corrected chi connectivity index (χ3v) is 8.53. The van der Waals surface area contributed by atoms with Crippen LogP contribution >= 0.6 is 0 Å². The van der Waals surface area contributed by atoms with Gasteiger partial charge in [0, 0.05) is 25.6 Å². The van der Waals surface area contributed by atoms with E-state index in [1.54, 1.807) is 7.11 Å². The lowest BCUT2D eigenvalue weighted by Crippen LogP contribution is -2.44. The largest absolute Gasteiger partial charge is 0.497 e. The lowest BCUT2D eigenvalue weighted by molar-refractivity contribution is -0.138. The number of alkyl halides is 3. The van der Waals surface area contributed by atoms with Crippen molar-refractivity contribution >= 4 is 15.9 Å². The Morgan fingerprint density at radius 1 is 1.00 bits per heavy atom. The standard InChI is InChI=1S/C24H27F3N2O4S/c1-33-20-9-7-17(8-10-20)22-6-3-13-29(22)23(30)18-11-14-28(15-12-18)34(31,32)21-5-2-4-19(16-21)24(25,26)27/h2,4-5,7-10,16,18,22H,3,6,11-15H2,1H3/t22-/m0/s1. The number of benzene rings is 2. The van der Waals surface area contributed by atoms with Crippen LogP contribution in [0.25, 0.3) is 0 Å². The number of hydrogen-bond acceptors (Lipinski definition) is 4. The summed E-state index contributed by atoms with van der Waals surface area (Å²) >= 11 is 0. The molecule has 2 aromatic carbocycles. The highest BCUT2D eigenvalue weighted by atomic mass is 32.2. The molecule has 4 rings (SSSR count). The van der Waals surface area contributed by atoms with E-state index in [1.165, 1.54) is 10.4 Å². The number of carbonyl (C=O) groups is 1. The lowest BCUT2D eigenvalue weighted by Gasteiger charge is -2.34. The normalized spacial score (nSPS) is 20.5. The minimum absolute atomic E-state index is 0.00874. The van der Waals surface area contributed by atoms with Gasteiger partial charge < -0.3 is 9.64 Å². The van der Waals surface area contributed by atoms with Crippen LogP contribution in [0.1, 0.15) is 42.9 Å². The highest BCUT2D eigenvalue weighted by molar-refractivity contribution is 7.89. The molecule has 0 aliphatic carbocycles. The van der Waals surface area contributed by atoms with Gasteiger partial charge in [-0.2, -0.15) is 17.5 Å². The van der Waals surface area contributed by atoms with Crippen LogP contribution in [0.2, 0.25) is 0 Å². The smallest absolute Gasteiger partial charge is 0.416 e. The predicted molar refractivity (Wildman–Crippen MR) is 120 cm³/mol. The molecule has 0 radical (unpaired) electrons. The Morgan fingerprint density at radius 2 is 1.68 bits per heavy atom. The first kappa shape index (κ1) is 24.5. The summed E-state index contributed by atoms with van der Waals surface area (Å²) in [5.41, 5.74) is 0.0356. The topological polar surface area (TPSA) is 66.9 Å². The molecule has 2 aliphatic heterocycles. The van der Waals surface area contributed by atoms with Gasteiger partial charge in [0.05, 0.1) is 23.6 Å². The third-order valence-electron chi connectivity index (χ3n) is 6.64. The average Bonchev–Trinajstić information content (AvgIpc) is 3.33. The van der Waals surface area contributed by atoms with Crippen LogP contribution in [0.15, 0.2) is 53.4 Å². The molecule has 2 fully saturated rings. The summed E-state index contributed by atoms with van der Waals surface area (Å²) in [7, 11) is -2.48. The number of nitrogens with zero attached hydrogens (tertiary/aromatic N) is 2. The van der Waals surface area contributed by atoms with E-state index in [2.05, 4.69) is 0 Å². The molecular formula is C24H27F3N2O4S. The molecule has 2 aromatic rings. The molecule has 0 bridgehead atoms. The Balaban J connectivity index is 1.42. The van der Waals surface area contributed by atoms with Gasteiger partial charge in [0.1, 0.15) is 5.75 Å². The number of halogens is 3. The lowest BCUT2D eigenvalue weighted by atomic mass is 9.95. The SMILES string of the molecule is COc1ccc([C@@H]2CCCN2C(=O)C2CCN(S(=O)(=O)c3cccc(C(F)(F)F)c3)CC2)cc1. The molecule has 2 heterocycles. The van der Waals surface area contributed by atoms with E-state index in [1.807, 2.05) is 29.2 Å². The van der Waals surface area contributed by atoms with Crippen molar-refractivity contribution in [1.29, 1.82) is 0 Å². The van der Waals surface area contributed by atoms with Crippen molar-refractivity contribution < 1.29 is 31.1 Å². The Kier molecular flexibility index (Phi) is 6.91. The Labute approximate surface area is 197 Å². The maximum Gasteiger partial charge on any atom is 0.416 e. The predicted octanol–water partition coefficient (Wildman–Crippen LogP) is 4.48. The third kappa shape index (κ3) is 4.93. The molecule has 6 nitrogen and oxygen atoms in total. The van der Waals surface area contributed by atoms with Gasteiger partial charge in [-0.3, -0.25) is 4.79 Å². The average molecular weight is 497 g/mol. The molecular weight excluding hydrogens is 469 g/mol. The minimum Gasteiger partial charge on any atom is -0.497 e. The van der Waals surface area contributed by atoms with Gasteiger partial charge in [-0.05, 0) is 61.6 Å². The summed E-state index contributed by atoms with van der Waals surface area (Å²) in [6, 6.07) is 11.4. The molecule has 0 unspecified atom stereocenters. The molecule has 0 spiro atoms. The van der Waals surface area contributed by atoms with E-state index in [9.17, 15) is 26.4 Å². The van der Waals surface area contributed by atoms with Crippen molar-refractivity contribution in [2.45, 2.75) is 42.8 Å². The molecule has 10 heteroatoms. The summed E-state index contributed by atoms with van der Waals surface area (Å²) < 4.78 is 71.3. The Hall–Kier alpha value is -2.59. The van der Waals surface area contributed by atoms with Gasteiger partial charge in [-0.25, -0.2) is 8.42 Å². The number of amides is 1. The molecule has 2 saturated heterocycles. The minimum atomic E-state index is -4.62. The molecule has 34 heavy (non-hydrogen) atoms. The van der Waals surface area contributed by atoms with Crippen molar-refractivity contribution in [3.8, 4) is 5.75 Å². The zero-order valence-corrected chi connectivity index (χ0v) is 19.6. The zero-order valence-electron chi connectivity index (χ0n) is 18.8. The second kappa shape index (κ2) is 9.58. The number of rotatable bonds is 5. The molecule has 184 valence electrons. The van der Waals surface area contributed by atoms with Gasteiger partial charge >= 0.3 is 6.18 Å². The van der Waals surface area contributed by atoms with Crippen molar-refractivity contribution in [3.63, 3.8) is 0 Å². The van der Waals surface area contributed by atoms with Crippen molar-refractivity contribution in [2.75, 3.05) is 26.7 Å². The summed E-state index contributed by atoms with van der Waals surface area (Å²) in [5, 5.41) is 0. The van der Waals surface area contributed by atoms with Crippen molar-refractivity contribution in [2.24, 2.45) is 5.92 Å². The fourth-order valence-electron chi connectivity index (χ4n) is 4.76. The van der Waals surface area contributed by atoms with E-state index >= 15 is 0 Å². The van der Waals surface area contributed by atoms with Crippen LogP contribution in [0.3, 0.4) is 0 Å². The molecule has 0 N–H and O–H groups in total. The highest BCUT2D eigenvalue weighted by Crippen LogP contribution is 2.36. The van der Waals surface area contributed by atoms with Gasteiger partial charge in [0.2, 0.25) is 15.9 Å². The molecule has 1 atom stereocenters. The first-order valence-electron chi connectivity index (χ1n) is 11.2. The first-order valence-corrected chi connectivity index (χ1v) is 12.7. The fraction of sp³-hybridized carbons (Fsp3) is 0.458. The summed E-state index contributed by atoms with van der Waals surface area (Å²) in [6.45, 7) is 0.838. The first-order chi connectivity index (χ1) is 16.1. The van der Waals surface area contributed by atoms with Crippen LogP contribution in [0.4, 0.5) is 13.2 Å². The van der Waals surface area contributed by atoms with Gasteiger partial charge in [0.25, 0.3) is 0 Å². The number of hydrogen-bond donors (Lipinski definition) is 0. The van der Waals surface area contributed by atoms with Gasteiger partial charge in [0.15, 0.2) is 0 Å². The van der Waals surface area contributed by atoms with E-state index in [0.717, 1.165) is 36.3 Å². The van der Waals surface area contributed by atoms with Crippen molar-refractivity contribution in [1.82, 2.24) is 9.21 Å². The number of ether oxygens (including phenoxy) is 1. The van der Waals surface area contributed by atoms with Crippen LogP contribution in [-0.2, 0) is 21.0 Å². The number of likely N-dealkylation sites (tertiary alicyclic amines) is 1. The molecule has 2 aliphatic rings. The maximum absolute atomic E-state index is 13.3. The van der Waals surface area contributed by atoms with Crippen LogP contribution in [0, 0.1) is 5.92 Å².